The zero-order valence-corrected chi connectivity index (χ0v) is 11.9. The predicted octanol–water partition coefficient (Wildman–Crippen LogP) is 5.17. The van der Waals surface area contributed by atoms with Gasteiger partial charge in [-0.05, 0) is 58.1 Å². The fourth-order valence-electron chi connectivity index (χ4n) is 1.50. The Morgan fingerprint density at radius 3 is 2.24 bits per heavy atom. The molecule has 0 unspecified atom stereocenters. The highest BCUT2D eigenvalue weighted by Gasteiger charge is 1.99. The quantitative estimate of drug-likeness (QED) is 0.431. The van der Waals surface area contributed by atoms with Crippen LogP contribution in [0.2, 0.25) is 0 Å². The lowest BCUT2D eigenvalue weighted by molar-refractivity contribution is -0.111. The lowest BCUT2D eigenvalue weighted by Gasteiger charge is -2.01. The van der Waals surface area contributed by atoms with Crippen LogP contribution < -0.4 is 0 Å². The van der Waals surface area contributed by atoms with E-state index >= 15 is 0 Å². The molecule has 0 radical (unpaired) electrons. The van der Waals surface area contributed by atoms with Crippen LogP contribution in [-0.4, -0.2) is 5.24 Å². The number of hydrogen-bond donors (Lipinski definition) is 0. The highest BCUT2D eigenvalue weighted by atomic mass is 35.5. The summed E-state index contributed by atoms with van der Waals surface area (Å²) in [6.07, 6.45) is 8.78. The minimum absolute atomic E-state index is 0.298. The SMILES string of the molecule is C=C(CC/C=C(\C)CCC=C(C)C)CC(=O)Cl. The Kier molecular flexibility index (Phi) is 8.79. The van der Waals surface area contributed by atoms with E-state index in [9.17, 15) is 4.79 Å². The highest BCUT2D eigenvalue weighted by molar-refractivity contribution is 6.63. The molecule has 96 valence electrons. The Bertz CT molecular complexity index is 320. The van der Waals surface area contributed by atoms with Gasteiger partial charge in [-0.1, -0.05) is 35.5 Å². The Balaban J connectivity index is 3.80. The van der Waals surface area contributed by atoms with E-state index in [1.807, 2.05) is 0 Å². The van der Waals surface area contributed by atoms with Gasteiger partial charge in [-0.25, -0.2) is 0 Å². The average molecular weight is 255 g/mol. The molecule has 0 atom stereocenters. The van der Waals surface area contributed by atoms with E-state index in [2.05, 4.69) is 39.5 Å². The molecule has 0 aliphatic carbocycles. The normalized spacial score (nSPS) is 11.2. The first-order valence-corrected chi connectivity index (χ1v) is 6.43. The van der Waals surface area contributed by atoms with Gasteiger partial charge in [0.2, 0.25) is 5.24 Å². The molecule has 0 heterocycles. The van der Waals surface area contributed by atoms with Gasteiger partial charge in [-0.15, -0.1) is 0 Å². The summed E-state index contributed by atoms with van der Waals surface area (Å²) in [5.74, 6) is 0. The van der Waals surface area contributed by atoms with E-state index in [1.165, 1.54) is 11.1 Å². The monoisotopic (exact) mass is 254 g/mol. The summed E-state index contributed by atoms with van der Waals surface area (Å²) in [6.45, 7) is 10.2. The summed E-state index contributed by atoms with van der Waals surface area (Å²) < 4.78 is 0. The third-order valence-electron chi connectivity index (χ3n) is 2.47. The van der Waals surface area contributed by atoms with Gasteiger partial charge in [0.25, 0.3) is 0 Å². The minimum Gasteiger partial charge on any atom is -0.281 e. The molecule has 17 heavy (non-hydrogen) atoms. The predicted molar refractivity (Wildman–Crippen MR) is 76.3 cm³/mol. The molecular formula is C15H23ClO. The first-order chi connectivity index (χ1) is 7.91. The summed E-state index contributed by atoms with van der Waals surface area (Å²) >= 11 is 5.29. The fraction of sp³-hybridized carbons (Fsp3) is 0.533. The Morgan fingerprint density at radius 1 is 1.12 bits per heavy atom. The van der Waals surface area contributed by atoms with Crippen LogP contribution >= 0.6 is 11.6 Å². The summed E-state index contributed by atoms with van der Waals surface area (Å²) in [5.41, 5.74) is 3.68. The van der Waals surface area contributed by atoms with E-state index in [0.717, 1.165) is 31.3 Å². The van der Waals surface area contributed by atoms with Crippen molar-refractivity contribution in [1.82, 2.24) is 0 Å². The van der Waals surface area contributed by atoms with E-state index in [-0.39, 0.29) is 5.24 Å². The number of hydrogen-bond acceptors (Lipinski definition) is 1. The van der Waals surface area contributed by atoms with Crippen molar-refractivity contribution in [2.75, 3.05) is 0 Å². The molecule has 0 aromatic rings. The maximum absolute atomic E-state index is 10.6. The van der Waals surface area contributed by atoms with Gasteiger partial charge in [0, 0.05) is 6.42 Å². The average Bonchev–Trinajstić information content (AvgIpc) is 2.15. The first kappa shape index (κ1) is 16.2. The minimum atomic E-state index is -0.320. The summed E-state index contributed by atoms with van der Waals surface area (Å²) in [4.78, 5) is 10.6. The van der Waals surface area contributed by atoms with Crippen molar-refractivity contribution in [2.45, 2.75) is 52.9 Å². The summed E-state index contributed by atoms with van der Waals surface area (Å²) in [6, 6.07) is 0. The highest BCUT2D eigenvalue weighted by Crippen LogP contribution is 2.13. The Morgan fingerprint density at radius 2 is 1.71 bits per heavy atom. The van der Waals surface area contributed by atoms with Gasteiger partial charge in [-0.2, -0.15) is 0 Å². The molecule has 0 fully saturated rings. The Hall–Kier alpha value is -0.820. The molecule has 0 aliphatic heterocycles. The van der Waals surface area contributed by atoms with Crippen LogP contribution in [0.1, 0.15) is 52.9 Å². The zero-order valence-electron chi connectivity index (χ0n) is 11.2. The number of carbonyl (C=O) groups is 1. The maximum Gasteiger partial charge on any atom is 0.225 e. The molecule has 1 nitrogen and oxygen atoms in total. The van der Waals surface area contributed by atoms with Crippen molar-refractivity contribution in [3.8, 4) is 0 Å². The second-order valence-corrected chi connectivity index (χ2v) is 5.11. The molecule has 0 spiro atoms. The lowest BCUT2D eigenvalue weighted by atomic mass is 10.1. The zero-order chi connectivity index (χ0) is 13.3. The van der Waals surface area contributed by atoms with Crippen LogP contribution in [0.25, 0.3) is 0 Å². The molecule has 0 aromatic heterocycles. The summed E-state index contributed by atoms with van der Waals surface area (Å²) in [5, 5.41) is -0.320. The second-order valence-electron chi connectivity index (χ2n) is 4.69. The maximum atomic E-state index is 10.6. The molecule has 2 heteroatoms. The van der Waals surface area contributed by atoms with Gasteiger partial charge in [0.1, 0.15) is 0 Å². The van der Waals surface area contributed by atoms with Crippen molar-refractivity contribution in [3.63, 3.8) is 0 Å². The lowest BCUT2D eigenvalue weighted by Crippen LogP contribution is -1.89. The Labute approximate surface area is 110 Å². The van der Waals surface area contributed by atoms with Crippen LogP contribution in [0, 0.1) is 0 Å². The molecule has 0 bridgehead atoms. The van der Waals surface area contributed by atoms with Crippen LogP contribution in [-0.2, 0) is 4.79 Å². The van der Waals surface area contributed by atoms with E-state index in [4.69, 9.17) is 11.6 Å². The molecule has 0 saturated carbocycles. The second kappa shape index (κ2) is 9.23. The van der Waals surface area contributed by atoms with Gasteiger partial charge in [0.05, 0.1) is 0 Å². The van der Waals surface area contributed by atoms with Crippen LogP contribution in [0.15, 0.2) is 35.5 Å². The van der Waals surface area contributed by atoms with Crippen molar-refractivity contribution < 1.29 is 4.79 Å². The van der Waals surface area contributed by atoms with Gasteiger partial charge in [0.15, 0.2) is 0 Å². The molecule has 0 aromatic carbocycles. The van der Waals surface area contributed by atoms with Crippen LogP contribution in [0.4, 0.5) is 0 Å². The van der Waals surface area contributed by atoms with E-state index in [1.54, 1.807) is 0 Å². The van der Waals surface area contributed by atoms with Crippen molar-refractivity contribution >= 4 is 16.8 Å². The van der Waals surface area contributed by atoms with Crippen molar-refractivity contribution in [3.05, 3.63) is 35.5 Å². The van der Waals surface area contributed by atoms with Crippen molar-refractivity contribution in [2.24, 2.45) is 0 Å². The number of halogens is 1. The smallest absolute Gasteiger partial charge is 0.225 e. The van der Waals surface area contributed by atoms with Crippen molar-refractivity contribution in [1.29, 1.82) is 0 Å². The van der Waals surface area contributed by atoms with E-state index < -0.39 is 0 Å². The molecule has 0 aliphatic rings. The molecule has 0 saturated heterocycles. The number of carbonyl (C=O) groups excluding carboxylic acids is 1. The molecule has 0 rings (SSSR count). The fourth-order valence-corrected chi connectivity index (χ4v) is 1.69. The van der Waals surface area contributed by atoms with Crippen LogP contribution in [0.3, 0.4) is 0 Å². The van der Waals surface area contributed by atoms with E-state index in [0.29, 0.717) is 6.42 Å². The molecular weight excluding hydrogens is 232 g/mol. The van der Waals surface area contributed by atoms with Gasteiger partial charge in [-0.3, -0.25) is 4.79 Å². The number of rotatable bonds is 8. The van der Waals surface area contributed by atoms with Crippen LogP contribution in [0.5, 0.6) is 0 Å². The standard InChI is InChI=1S/C15H23ClO/c1-12(2)7-5-8-13(3)9-6-10-14(4)11-15(16)17/h7,9H,4-6,8,10-11H2,1-3H3/b13-9+. The third-order valence-corrected chi connectivity index (χ3v) is 2.60. The number of allylic oxidation sites excluding steroid dienone is 5. The summed E-state index contributed by atoms with van der Waals surface area (Å²) in [7, 11) is 0. The first-order valence-electron chi connectivity index (χ1n) is 6.05. The largest absolute Gasteiger partial charge is 0.281 e. The van der Waals surface area contributed by atoms with Gasteiger partial charge < -0.3 is 0 Å². The molecule has 0 amide bonds. The third kappa shape index (κ3) is 11.4. The topological polar surface area (TPSA) is 17.1 Å². The molecule has 0 N–H and O–H groups in total. The van der Waals surface area contributed by atoms with Gasteiger partial charge >= 0.3 is 0 Å².